The Hall–Kier alpha value is -2.89. The summed E-state index contributed by atoms with van der Waals surface area (Å²) >= 11 is 0. The third-order valence-electron chi connectivity index (χ3n) is 2.94. The average molecular weight is 268 g/mol. The van der Waals surface area contributed by atoms with E-state index in [-0.39, 0.29) is 11.5 Å². The molecule has 0 bridgehead atoms. The summed E-state index contributed by atoms with van der Waals surface area (Å²) < 4.78 is 0. The van der Waals surface area contributed by atoms with E-state index in [1.807, 2.05) is 6.07 Å². The number of amides is 1. The van der Waals surface area contributed by atoms with Gasteiger partial charge in [-0.1, -0.05) is 0 Å². The van der Waals surface area contributed by atoms with Gasteiger partial charge in [0.1, 0.15) is 0 Å². The molecule has 0 unspecified atom stereocenters. The summed E-state index contributed by atoms with van der Waals surface area (Å²) in [5, 5.41) is 10.5. The molecule has 3 aromatic rings. The number of nitrogens with one attached hydrogen (secondary N) is 3. The van der Waals surface area contributed by atoms with Crippen molar-refractivity contribution in [2.24, 2.45) is 0 Å². The summed E-state index contributed by atoms with van der Waals surface area (Å²) in [5.41, 5.74) is 2.16. The zero-order valence-corrected chi connectivity index (χ0v) is 10.7. The van der Waals surface area contributed by atoms with E-state index in [0.717, 1.165) is 10.9 Å². The largest absolute Gasteiger partial charge is 0.326 e. The maximum absolute atomic E-state index is 12.1. The first-order valence-corrected chi connectivity index (χ1v) is 6.07. The SMILES string of the molecule is Cc1cc(C(=O)Nc2ccc3cn[nH]c3c2)cc(=O)[nH]1. The van der Waals surface area contributed by atoms with Gasteiger partial charge in [0.25, 0.3) is 5.91 Å². The number of hydrogen-bond acceptors (Lipinski definition) is 3. The molecule has 1 aromatic carbocycles. The van der Waals surface area contributed by atoms with Crippen LogP contribution in [-0.4, -0.2) is 21.1 Å². The zero-order valence-electron chi connectivity index (χ0n) is 10.7. The van der Waals surface area contributed by atoms with Crippen molar-refractivity contribution in [3.63, 3.8) is 0 Å². The number of pyridine rings is 1. The molecule has 2 aromatic heterocycles. The van der Waals surface area contributed by atoms with E-state index in [0.29, 0.717) is 16.9 Å². The first-order chi connectivity index (χ1) is 9.61. The van der Waals surface area contributed by atoms with Gasteiger partial charge in [0.15, 0.2) is 0 Å². The lowest BCUT2D eigenvalue weighted by Gasteiger charge is -2.05. The van der Waals surface area contributed by atoms with Crippen LogP contribution in [0.15, 0.2) is 41.3 Å². The van der Waals surface area contributed by atoms with Gasteiger partial charge in [-0.3, -0.25) is 14.7 Å². The number of carbonyl (C=O) groups excluding carboxylic acids is 1. The fourth-order valence-corrected chi connectivity index (χ4v) is 2.03. The predicted octanol–water partition coefficient (Wildman–Crippen LogP) is 1.81. The number of hydrogen-bond donors (Lipinski definition) is 3. The maximum Gasteiger partial charge on any atom is 0.255 e. The molecule has 6 heteroatoms. The molecular weight excluding hydrogens is 256 g/mol. The minimum absolute atomic E-state index is 0.292. The lowest BCUT2D eigenvalue weighted by Crippen LogP contribution is -2.16. The minimum Gasteiger partial charge on any atom is -0.326 e. The Bertz CT molecular complexity index is 848. The maximum atomic E-state index is 12.1. The topological polar surface area (TPSA) is 90.6 Å². The summed E-state index contributed by atoms with van der Waals surface area (Å²) in [6.45, 7) is 1.73. The molecule has 3 rings (SSSR count). The molecule has 0 saturated carbocycles. The third-order valence-corrected chi connectivity index (χ3v) is 2.94. The molecule has 0 aliphatic carbocycles. The summed E-state index contributed by atoms with van der Waals surface area (Å²) in [6.07, 6.45) is 1.71. The summed E-state index contributed by atoms with van der Waals surface area (Å²) in [4.78, 5) is 26.1. The number of rotatable bonds is 2. The second kappa shape index (κ2) is 4.65. The molecule has 0 aliphatic rings. The molecular formula is C14H12N4O2. The standard InChI is InChI=1S/C14H12N4O2/c1-8-4-10(5-13(19)16-8)14(20)17-11-3-2-9-7-15-18-12(9)6-11/h2-7H,1H3,(H,15,18)(H,16,19)(H,17,20). The van der Waals surface area contributed by atoms with Crippen LogP contribution in [0.2, 0.25) is 0 Å². The first kappa shape index (κ1) is 12.2. The van der Waals surface area contributed by atoms with E-state index in [4.69, 9.17) is 0 Å². The van der Waals surface area contributed by atoms with Crippen molar-refractivity contribution in [3.8, 4) is 0 Å². The fraction of sp³-hybridized carbons (Fsp3) is 0.0714. The van der Waals surface area contributed by atoms with Crippen molar-refractivity contribution in [2.45, 2.75) is 6.92 Å². The van der Waals surface area contributed by atoms with Crippen LogP contribution in [0.1, 0.15) is 16.1 Å². The molecule has 100 valence electrons. The van der Waals surface area contributed by atoms with E-state index in [1.54, 1.807) is 31.3 Å². The summed E-state index contributed by atoms with van der Waals surface area (Å²) in [5.74, 6) is -0.321. The highest BCUT2D eigenvalue weighted by atomic mass is 16.2. The Kier molecular flexibility index (Phi) is 2.83. The first-order valence-electron chi connectivity index (χ1n) is 6.07. The monoisotopic (exact) mass is 268 g/mol. The van der Waals surface area contributed by atoms with E-state index >= 15 is 0 Å². The van der Waals surface area contributed by atoms with Crippen LogP contribution in [0.4, 0.5) is 5.69 Å². The van der Waals surface area contributed by atoms with Crippen molar-refractivity contribution in [1.29, 1.82) is 0 Å². The van der Waals surface area contributed by atoms with Gasteiger partial charge in [-0.2, -0.15) is 5.10 Å². The normalized spacial score (nSPS) is 10.7. The number of aromatic amines is 2. The van der Waals surface area contributed by atoms with Crippen molar-refractivity contribution in [3.05, 3.63) is 58.1 Å². The predicted molar refractivity (Wildman–Crippen MR) is 75.8 cm³/mol. The molecule has 20 heavy (non-hydrogen) atoms. The van der Waals surface area contributed by atoms with Crippen molar-refractivity contribution in [2.75, 3.05) is 5.32 Å². The third kappa shape index (κ3) is 2.31. The van der Waals surface area contributed by atoms with Crippen LogP contribution < -0.4 is 10.9 Å². The average Bonchev–Trinajstić information content (AvgIpc) is 2.85. The summed E-state index contributed by atoms with van der Waals surface area (Å²) in [6, 6.07) is 8.34. The minimum atomic E-state index is -0.321. The number of H-pyrrole nitrogens is 2. The number of carbonyl (C=O) groups is 1. The molecule has 3 N–H and O–H groups in total. The van der Waals surface area contributed by atoms with Crippen molar-refractivity contribution < 1.29 is 4.79 Å². The molecule has 0 radical (unpaired) electrons. The van der Waals surface area contributed by atoms with E-state index in [2.05, 4.69) is 20.5 Å². The van der Waals surface area contributed by atoms with Crippen LogP contribution in [-0.2, 0) is 0 Å². The Morgan fingerprint density at radius 1 is 1.25 bits per heavy atom. The number of benzene rings is 1. The van der Waals surface area contributed by atoms with Gasteiger partial charge in [0, 0.05) is 28.4 Å². The number of aromatic nitrogens is 3. The lowest BCUT2D eigenvalue weighted by atomic mass is 10.2. The number of nitrogens with zero attached hydrogens (tertiary/aromatic N) is 1. The molecule has 0 fully saturated rings. The van der Waals surface area contributed by atoms with Gasteiger partial charge < -0.3 is 10.3 Å². The molecule has 0 aliphatic heterocycles. The van der Waals surface area contributed by atoms with Gasteiger partial charge in [0.05, 0.1) is 11.7 Å². The van der Waals surface area contributed by atoms with Gasteiger partial charge >= 0.3 is 0 Å². The smallest absolute Gasteiger partial charge is 0.255 e. The van der Waals surface area contributed by atoms with Crippen molar-refractivity contribution >= 4 is 22.5 Å². The van der Waals surface area contributed by atoms with E-state index < -0.39 is 0 Å². The molecule has 0 spiro atoms. The quantitative estimate of drug-likeness (QED) is 0.662. The van der Waals surface area contributed by atoms with Gasteiger partial charge in [0.2, 0.25) is 5.56 Å². The van der Waals surface area contributed by atoms with E-state index in [9.17, 15) is 9.59 Å². The second-order valence-corrected chi connectivity index (χ2v) is 4.54. The Morgan fingerprint density at radius 2 is 2.10 bits per heavy atom. The van der Waals surface area contributed by atoms with Crippen LogP contribution in [0, 0.1) is 6.92 Å². The number of fused-ring (bicyclic) bond motifs is 1. The molecule has 6 nitrogen and oxygen atoms in total. The molecule has 0 atom stereocenters. The van der Waals surface area contributed by atoms with Crippen LogP contribution in [0.3, 0.4) is 0 Å². The van der Waals surface area contributed by atoms with Gasteiger partial charge in [-0.15, -0.1) is 0 Å². The Morgan fingerprint density at radius 3 is 2.90 bits per heavy atom. The van der Waals surface area contributed by atoms with Crippen LogP contribution in [0.5, 0.6) is 0 Å². The van der Waals surface area contributed by atoms with Gasteiger partial charge in [-0.05, 0) is 31.2 Å². The Balaban J connectivity index is 1.89. The second-order valence-electron chi connectivity index (χ2n) is 4.54. The Labute approximate surface area is 113 Å². The molecule has 2 heterocycles. The highest BCUT2D eigenvalue weighted by Gasteiger charge is 2.08. The fourth-order valence-electron chi connectivity index (χ4n) is 2.03. The zero-order chi connectivity index (χ0) is 14.1. The molecule has 0 saturated heterocycles. The lowest BCUT2D eigenvalue weighted by molar-refractivity contribution is 0.102. The van der Waals surface area contributed by atoms with Crippen LogP contribution >= 0.6 is 0 Å². The van der Waals surface area contributed by atoms with Crippen molar-refractivity contribution in [1.82, 2.24) is 15.2 Å². The highest BCUT2D eigenvalue weighted by Crippen LogP contribution is 2.17. The number of anilines is 1. The van der Waals surface area contributed by atoms with Gasteiger partial charge in [-0.25, -0.2) is 0 Å². The number of aryl methyl sites for hydroxylation is 1. The van der Waals surface area contributed by atoms with Crippen LogP contribution in [0.25, 0.3) is 10.9 Å². The highest BCUT2D eigenvalue weighted by molar-refractivity contribution is 6.05. The van der Waals surface area contributed by atoms with E-state index in [1.165, 1.54) is 6.07 Å². The summed E-state index contributed by atoms with van der Waals surface area (Å²) in [7, 11) is 0. The molecule has 1 amide bonds.